The van der Waals surface area contributed by atoms with Crippen LogP contribution in [-0.4, -0.2) is 65.3 Å². The summed E-state index contributed by atoms with van der Waals surface area (Å²) >= 11 is 0. The van der Waals surface area contributed by atoms with E-state index < -0.39 is 6.10 Å². The second-order valence-corrected chi connectivity index (χ2v) is 7.31. The van der Waals surface area contributed by atoms with Crippen molar-refractivity contribution in [3.63, 3.8) is 0 Å². The topological polar surface area (TPSA) is 77.1 Å². The van der Waals surface area contributed by atoms with Crippen LogP contribution >= 0.6 is 24.0 Å². The van der Waals surface area contributed by atoms with E-state index in [1.54, 1.807) is 0 Å². The molecule has 29 heavy (non-hydrogen) atoms. The lowest BCUT2D eigenvalue weighted by Crippen LogP contribution is -2.52. The first kappa shape index (κ1) is 23.6. The minimum atomic E-state index is -0.592. The van der Waals surface area contributed by atoms with Gasteiger partial charge in [0.1, 0.15) is 5.76 Å². The van der Waals surface area contributed by atoms with E-state index >= 15 is 0 Å². The number of hydrogen-bond donors (Lipinski definition) is 2. The van der Waals surface area contributed by atoms with E-state index in [4.69, 9.17) is 4.52 Å². The number of aromatic nitrogens is 1. The molecule has 1 aromatic carbocycles. The third-order valence-corrected chi connectivity index (χ3v) is 4.95. The van der Waals surface area contributed by atoms with Crippen LogP contribution in [0.4, 0.5) is 0 Å². The summed E-state index contributed by atoms with van der Waals surface area (Å²) in [7, 11) is 0. The third kappa shape index (κ3) is 6.97. The maximum Gasteiger partial charge on any atom is 0.194 e. The molecule has 0 aliphatic carbocycles. The van der Waals surface area contributed by atoms with E-state index in [1.807, 2.05) is 44.2 Å². The summed E-state index contributed by atoms with van der Waals surface area (Å²) in [6, 6.07) is 9.95. The number of nitrogens with one attached hydrogen (secondary N) is 1. The molecule has 1 unspecified atom stereocenters. The van der Waals surface area contributed by atoms with Gasteiger partial charge in [0.25, 0.3) is 0 Å². The number of aliphatic hydroxyl groups is 1. The molecule has 8 heteroatoms. The molecular formula is C21H32IN5O2. The molecule has 1 aliphatic rings. The second-order valence-electron chi connectivity index (χ2n) is 7.31. The maximum atomic E-state index is 10.5. The summed E-state index contributed by atoms with van der Waals surface area (Å²) < 4.78 is 5.15. The van der Waals surface area contributed by atoms with E-state index in [0.717, 1.165) is 62.2 Å². The first-order chi connectivity index (χ1) is 13.5. The molecule has 1 saturated heterocycles. The summed E-state index contributed by atoms with van der Waals surface area (Å²) in [5, 5.41) is 17.9. The Morgan fingerprint density at radius 2 is 1.90 bits per heavy atom. The van der Waals surface area contributed by atoms with Crippen LogP contribution in [0.15, 0.2) is 39.8 Å². The lowest BCUT2D eigenvalue weighted by Gasteiger charge is -2.36. The maximum absolute atomic E-state index is 10.5. The fourth-order valence-electron chi connectivity index (χ4n) is 3.33. The Hall–Kier alpha value is -1.65. The van der Waals surface area contributed by atoms with Crippen molar-refractivity contribution >= 4 is 29.9 Å². The van der Waals surface area contributed by atoms with Crippen molar-refractivity contribution in [2.75, 3.05) is 39.3 Å². The molecule has 2 aromatic rings. The Bertz CT molecular complexity index is 770. The van der Waals surface area contributed by atoms with Gasteiger partial charge in [-0.2, -0.15) is 0 Å². The molecule has 0 bridgehead atoms. The smallest absolute Gasteiger partial charge is 0.194 e. The minimum Gasteiger partial charge on any atom is -0.386 e. The Morgan fingerprint density at radius 3 is 2.48 bits per heavy atom. The molecule has 2 N–H and O–H groups in total. The van der Waals surface area contributed by atoms with E-state index in [9.17, 15) is 5.11 Å². The quantitative estimate of drug-likeness (QED) is 0.352. The third-order valence-electron chi connectivity index (χ3n) is 4.95. The Labute approximate surface area is 190 Å². The van der Waals surface area contributed by atoms with E-state index in [-0.39, 0.29) is 24.0 Å². The number of aliphatic hydroxyl groups excluding tert-OH is 1. The van der Waals surface area contributed by atoms with Gasteiger partial charge in [0.05, 0.1) is 18.3 Å². The molecule has 3 rings (SSSR count). The number of halogens is 1. The van der Waals surface area contributed by atoms with Crippen LogP contribution in [-0.2, 0) is 6.54 Å². The normalized spacial score (nSPS) is 16.4. The van der Waals surface area contributed by atoms with Crippen LogP contribution in [0.25, 0.3) is 0 Å². The Balaban J connectivity index is 0.00000300. The van der Waals surface area contributed by atoms with Crippen molar-refractivity contribution in [3.05, 3.63) is 52.9 Å². The molecule has 1 atom stereocenters. The molecule has 2 heterocycles. The van der Waals surface area contributed by atoms with Crippen LogP contribution < -0.4 is 5.32 Å². The van der Waals surface area contributed by atoms with Crippen LogP contribution in [0.1, 0.15) is 35.6 Å². The molecular weight excluding hydrogens is 481 g/mol. The van der Waals surface area contributed by atoms with Crippen molar-refractivity contribution in [3.8, 4) is 0 Å². The molecule has 0 amide bonds. The molecule has 0 saturated carbocycles. The van der Waals surface area contributed by atoms with Crippen molar-refractivity contribution in [2.45, 2.75) is 33.4 Å². The van der Waals surface area contributed by atoms with Gasteiger partial charge < -0.3 is 19.8 Å². The summed E-state index contributed by atoms with van der Waals surface area (Å²) in [5.74, 6) is 1.72. The minimum absolute atomic E-state index is 0. The number of guanidine groups is 1. The van der Waals surface area contributed by atoms with Gasteiger partial charge in [0, 0.05) is 45.3 Å². The largest absolute Gasteiger partial charge is 0.386 e. The van der Waals surface area contributed by atoms with Gasteiger partial charge in [-0.25, -0.2) is 0 Å². The van der Waals surface area contributed by atoms with E-state index in [0.29, 0.717) is 6.54 Å². The molecule has 1 aromatic heterocycles. The summed E-state index contributed by atoms with van der Waals surface area (Å²) in [5.41, 5.74) is 3.07. The van der Waals surface area contributed by atoms with Gasteiger partial charge in [-0.15, -0.1) is 24.0 Å². The molecule has 1 aliphatic heterocycles. The second kappa shape index (κ2) is 11.5. The van der Waals surface area contributed by atoms with Crippen LogP contribution in [0.2, 0.25) is 0 Å². The van der Waals surface area contributed by atoms with Crippen LogP contribution in [0.3, 0.4) is 0 Å². The van der Waals surface area contributed by atoms with Gasteiger partial charge in [-0.1, -0.05) is 35.0 Å². The number of piperazine rings is 1. The molecule has 1 fully saturated rings. The summed E-state index contributed by atoms with van der Waals surface area (Å²) in [4.78, 5) is 9.32. The standard InChI is InChI=1S/C21H31N5O2.HI/c1-4-22-21(23-14-20(27)18-7-5-16(2)6-8-18)26-11-9-25(10-12-26)15-19-13-17(3)28-24-19;/h5-8,13,20,27H,4,9-12,14-15H2,1-3H3,(H,22,23);1H. The first-order valence-electron chi connectivity index (χ1n) is 9.97. The summed E-state index contributed by atoms with van der Waals surface area (Å²) in [6.07, 6.45) is -0.592. The number of hydrogen-bond acceptors (Lipinski definition) is 5. The van der Waals surface area contributed by atoms with Crippen LogP contribution in [0, 0.1) is 13.8 Å². The predicted molar refractivity (Wildman–Crippen MR) is 126 cm³/mol. The Morgan fingerprint density at radius 1 is 1.21 bits per heavy atom. The van der Waals surface area contributed by atoms with Crippen molar-refractivity contribution in [1.82, 2.24) is 20.3 Å². The molecule has 7 nitrogen and oxygen atoms in total. The highest BCUT2D eigenvalue weighted by atomic mass is 127. The van der Waals surface area contributed by atoms with Gasteiger partial charge in [-0.3, -0.25) is 9.89 Å². The van der Waals surface area contributed by atoms with Gasteiger partial charge in [0.2, 0.25) is 0 Å². The number of nitrogens with zero attached hydrogens (tertiary/aromatic N) is 4. The average molecular weight is 513 g/mol. The lowest BCUT2D eigenvalue weighted by atomic mass is 10.1. The SMILES string of the molecule is CCNC(=NCC(O)c1ccc(C)cc1)N1CCN(Cc2cc(C)on2)CC1.I. The first-order valence-corrected chi connectivity index (χ1v) is 9.97. The average Bonchev–Trinajstić information content (AvgIpc) is 3.11. The van der Waals surface area contributed by atoms with Gasteiger partial charge in [-0.05, 0) is 26.3 Å². The zero-order valence-corrected chi connectivity index (χ0v) is 19.8. The highest BCUT2D eigenvalue weighted by Crippen LogP contribution is 2.14. The fraction of sp³-hybridized carbons (Fsp3) is 0.524. The Kier molecular flexibility index (Phi) is 9.38. The summed E-state index contributed by atoms with van der Waals surface area (Å²) in [6.45, 7) is 11.7. The zero-order chi connectivity index (χ0) is 19.9. The molecule has 160 valence electrons. The van der Waals surface area contributed by atoms with Crippen LogP contribution in [0.5, 0.6) is 0 Å². The highest BCUT2D eigenvalue weighted by Gasteiger charge is 2.21. The van der Waals surface area contributed by atoms with Gasteiger partial charge in [0.15, 0.2) is 5.96 Å². The number of rotatable bonds is 6. The number of aliphatic imine (C=N–C) groups is 1. The number of aryl methyl sites for hydroxylation is 2. The zero-order valence-electron chi connectivity index (χ0n) is 17.5. The van der Waals surface area contributed by atoms with E-state index in [1.165, 1.54) is 5.56 Å². The fourth-order valence-corrected chi connectivity index (χ4v) is 3.33. The highest BCUT2D eigenvalue weighted by molar-refractivity contribution is 14.0. The lowest BCUT2D eigenvalue weighted by molar-refractivity contribution is 0.166. The molecule has 0 radical (unpaired) electrons. The van der Waals surface area contributed by atoms with Crippen molar-refractivity contribution in [1.29, 1.82) is 0 Å². The van der Waals surface area contributed by atoms with Crippen molar-refractivity contribution in [2.24, 2.45) is 4.99 Å². The predicted octanol–water partition coefficient (Wildman–Crippen LogP) is 2.73. The number of benzene rings is 1. The van der Waals surface area contributed by atoms with E-state index in [2.05, 4.69) is 32.2 Å². The van der Waals surface area contributed by atoms with Crippen molar-refractivity contribution < 1.29 is 9.63 Å². The molecule has 0 spiro atoms. The monoisotopic (exact) mass is 513 g/mol. The van der Waals surface area contributed by atoms with Gasteiger partial charge >= 0.3 is 0 Å².